The fraction of sp³-hybridized carbons (Fsp3) is 0.833. The number of rotatable bonds is 7. The molecule has 1 aliphatic heterocycles. The second-order valence-electron chi connectivity index (χ2n) is 5.36. The monoisotopic (exact) mass is 337 g/mol. The Hall–Kier alpha value is -1.50. The fourth-order valence-electron chi connectivity index (χ4n) is 1.96. The Morgan fingerprint density at radius 1 is 1.30 bits per heavy atom. The van der Waals surface area contributed by atoms with E-state index in [0.29, 0.717) is 6.42 Å². The highest BCUT2D eigenvalue weighted by atomic mass is 16.6. The van der Waals surface area contributed by atoms with Gasteiger partial charge in [0.05, 0.1) is 13.2 Å². The molecule has 0 radical (unpaired) electrons. The van der Waals surface area contributed by atoms with Crippen molar-refractivity contribution in [3.63, 3.8) is 0 Å². The zero-order chi connectivity index (χ0) is 17.6. The van der Waals surface area contributed by atoms with Crippen LogP contribution in [0.3, 0.4) is 0 Å². The van der Waals surface area contributed by atoms with Gasteiger partial charge < -0.3 is 46.6 Å². The van der Waals surface area contributed by atoms with Crippen LogP contribution in [0.15, 0.2) is 0 Å². The number of amides is 2. The van der Waals surface area contributed by atoms with Gasteiger partial charge in [-0.15, -0.1) is 0 Å². The number of urea groups is 1. The summed E-state index contributed by atoms with van der Waals surface area (Å²) in [4.78, 5) is 22.0. The van der Waals surface area contributed by atoms with Gasteiger partial charge in [0.25, 0.3) is 0 Å². The third kappa shape index (κ3) is 5.57. The van der Waals surface area contributed by atoms with Crippen molar-refractivity contribution in [2.45, 2.75) is 43.0 Å². The van der Waals surface area contributed by atoms with Crippen LogP contribution in [0.2, 0.25) is 0 Å². The third-order valence-corrected chi connectivity index (χ3v) is 3.48. The number of nitrogens with one attached hydrogen (secondary N) is 2. The lowest BCUT2D eigenvalue weighted by molar-refractivity contribution is -0.317. The maximum Gasteiger partial charge on any atom is 0.320 e. The minimum Gasteiger partial charge on any atom is -0.480 e. The summed E-state index contributed by atoms with van der Waals surface area (Å²) in [5.41, 5.74) is 5.30. The first-order valence-corrected chi connectivity index (χ1v) is 7.08. The van der Waals surface area contributed by atoms with E-state index in [-0.39, 0.29) is 13.0 Å². The van der Waals surface area contributed by atoms with Gasteiger partial charge in [0.15, 0.2) is 0 Å². The fourth-order valence-corrected chi connectivity index (χ4v) is 1.96. The molecule has 1 saturated heterocycles. The number of aliphatic hydroxyl groups is 4. The van der Waals surface area contributed by atoms with E-state index in [1.54, 1.807) is 0 Å². The van der Waals surface area contributed by atoms with Gasteiger partial charge >= 0.3 is 12.0 Å². The van der Waals surface area contributed by atoms with Crippen molar-refractivity contribution < 1.29 is 39.9 Å². The molecule has 134 valence electrons. The molecule has 9 N–H and O–H groups in total. The Kier molecular flexibility index (Phi) is 7.12. The van der Waals surface area contributed by atoms with E-state index in [1.807, 2.05) is 0 Å². The van der Waals surface area contributed by atoms with Crippen molar-refractivity contribution in [1.82, 2.24) is 10.6 Å². The highest BCUT2D eigenvalue weighted by molar-refractivity contribution is 5.74. The normalized spacial score (nSPS) is 32.1. The Morgan fingerprint density at radius 3 is 2.57 bits per heavy atom. The molecule has 1 aliphatic rings. The van der Waals surface area contributed by atoms with E-state index in [9.17, 15) is 30.0 Å². The molecule has 11 heteroatoms. The van der Waals surface area contributed by atoms with Crippen LogP contribution in [0.25, 0.3) is 0 Å². The molecular formula is C12H23N3O8. The van der Waals surface area contributed by atoms with E-state index < -0.39 is 55.3 Å². The van der Waals surface area contributed by atoms with E-state index in [2.05, 4.69) is 10.6 Å². The number of aliphatic carboxylic acids is 1. The van der Waals surface area contributed by atoms with Crippen LogP contribution in [0, 0.1) is 0 Å². The Balaban J connectivity index is 2.29. The average Bonchev–Trinajstić information content (AvgIpc) is 2.51. The highest BCUT2D eigenvalue weighted by Gasteiger charge is 2.48. The molecule has 0 aromatic heterocycles. The summed E-state index contributed by atoms with van der Waals surface area (Å²) in [5.74, 6) is -3.34. The zero-order valence-corrected chi connectivity index (χ0v) is 12.4. The summed E-state index contributed by atoms with van der Waals surface area (Å²) in [5, 5.41) is 51.7. The first-order chi connectivity index (χ1) is 10.7. The lowest BCUT2D eigenvalue weighted by atomic mass is 9.97. The maximum absolute atomic E-state index is 11.5. The number of carbonyl (C=O) groups is 2. The number of carboxylic acid groups (broad SMARTS) is 1. The van der Waals surface area contributed by atoms with E-state index >= 15 is 0 Å². The van der Waals surface area contributed by atoms with Gasteiger partial charge in [-0.2, -0.15) is 0 Å². The van der Waals surface area contributed by atoms with Gasteiger partial charge in [0, 0.05) is 6.54 Å². The second-order valence-corrected chi connectivity index (χ2v) is 5.36. The topological polar surface area (TPSA) is 195 Å². The highest BCUT2D eigenvalue weighted by Crippen LogP contribution is 2.23. The predicted octanol–water partition coefficient (Wildman–Crippen LogP) is -3.72. The molecule has 23 heavy (non-hydrogen) atoms. The van der Waals surface area contributed by atoms with Crippen molar-refractivity contribution >= 4 is 12.0 Å². The van der Waals surface area contributed by atoms with Crippen LogP contribution in [0.1, 0.15) is 12.8 Å². The zero-order valence-electron chi connectivity index (χ0n) is 12.4. The Bertz CT molecular complexity index is 423. The molecular weight excluding hydrogens is 314 g/mol. The summed E-state index contributed by atoms with van der Waals surface area (Å²) in [7, 11) is 0. The number of aliphatic hydroxyl groups excluding tert-OH is 3. The summed E-state index contributed by atoms with van der Waals surface area (Å²) in [6.07, 6.45) is -4.20. The second kappa shape index (κ2) is 8.38. The maximum atomic E-state index is 11.5. The van der Waals surface area contributed by atoms with Crippen molar-refractivity contribution in [3.05, 3.63) is 0 Å². The smallest absolute Gasteiger partial charge is 0.320 e. The first kappa shape index (κ1) is 19.5. The van der Waals surface area contributed by atoms with Crippen molar-refractivity contribution in [1.29, 1.82) is 0 Å². The molecule has 1 fully saturated rings. The number of carbonyl (C=O) groups excluding carboxylic acids is 1. The van der Waals surface area contributed by atoms with Crippen molar-refractivity contribution in [3.8, 4) is 0 Å². The minimum atomic E-state index is -2.22. The van der Waals surface area contributed by atoms with E-state index in [1.165, 1.54) is 0 Å². The molecule has 1 heterocycles. The average molecular weight is 337 g/mol. The number of carboxylic acids is 1. The lowest BCUT2D eigenvalue weighted by Gasteiger charge is -2.41. The van der Waals surface area contributed by atoms with Gasteiger partial charge in [0.1, 0.15) is 24.4 Å². The molecule has 0 saturated carbocycles. The third-order valence-electron chi connectivity index (χ3n) is 3.48. The van der Waals surface area contributed by atoms with Gasteiger partial charge in [-0.1, -0.05) is 0 Å². The van der Waals surface area contributed by atoms with Gasteiger partial charge in [-0.05, 0) is 12.8 Å². The molecule has 0 spiro atoms. The van der Waals surface area contributed by atoms with Gasteiger partial charge in [-0.3, -0.25) is 4.79 Å². The lowest BCUT2D eigenvalue weighted by Crippen LogP contribution is -2.65. The van der Waals surface area contributed by atoms with Crippen LogP contribution in [-0.2, 0) is 9.53 Å². The number of hydrogen-bond donors (Lipinski definition) is 8. The first-order valence-electron chi connectivity index (χ1n) is 7.08. The summed E-state index contributed by atoms with van der Waals surface area (Å²) < 4.78 is 4.87. The molecule has 1 rings (SSSR count). The molecule has 0 bridgehead atoms. The molecule has 0 aromatic rings. The largest absolute Gasteiger partial charge is 0.480 e. The molecule has 0 aliphatic carbocycles. The minimum absolute atomic E-state index is 0.163. The Morgan fingerprint density at radius 2 is 1.96 bits per heavy atom. The number of nitrogens with two attached hydrogens (primary N) is 1. The van der Waals surface area contributed by atoms with Crippen molar-refractivity contribution in [2.24, 2.45) is 5.73 Å². The van der Waals surface area contributed by atoms with Crippen LogP contribution in [0.4, 0.5) is 4.79 Å². The molecule has 1 unspecified atom stereocenters. The molecule has 5 atom stereocenters. The number of ether oxygens (including phenoxy) is 1. The molecule has 2 amide bonds. The standard InChI is InChI=1S/C12H23N3O8/c13-6(10(19)20)2-1-3-14-11(21)15-5-12(22)9(18)8(17)7(16)4-23-12/h6-9,16-18,22H,1-5,13H2,(H,19,20)(H2,14,15,21)/t6?,7-,8-,9+,12+/m0/s1. The summed E-state index contributed by atoms with van der Waals surface area (Å²) >= 11 is 0. The van der Waals surface area contributed by atoms with Crippen LogP contribution >= 0.6 is 0 Å². The van der Waals surface area contributed by atoms with Gasteiger partial charge in [0.2, 0.25) is 5.79 Å². The van der Waals surface area contributed by atoms with Crippen LogP contribution in [-0.4, -0.2) is 87.4 Å². The molecule has 0 aromatic carbocycles. The van der Waals surface area contributed by atoms with Crippen molar-refractivity contribution in [2.75, 3.05) is 19.7 Å². The van der Waals surface area contributed by atoms with Crippen LogP contribution < -0.4 is 16.4 Å². The quantitative estimate of drug-likeness (QED) is 0.215. The van der Waals surface area contributed by atoms with Crippen LogP contribution in [0.5, 0.6) is 0 Å². The van der Waals surface area contributed by atoms with Gasteiger partial charge in [-0.25, -0.2) is 4.79 Å². The summed E-state index contributed by atoms with van der Waals surface area (Å²) in [6, 6.07) is -1.68. The number of hydrogen-bond acceptors (Lipinski definition) is 8. The summed E-state index contributed by atoms with van der Waals surface area (Å²) in [6.45, 7) is -0.750. The molecule has 11 nitrogen and oxygen atoms in total. The SMILES string of the molecule is NC(CCCNC(=O)NC[C@@]1(O)OC[C@H](O)[C@H](O)[C@H]1O)C(=O)O. The Labute approximate surface area is 132 Å². The van der Waals surface area contributed by atoms with E-state index in [4.69, 9.17) is 15.6 Å². The predicted molar refractivity (Wildman–Crippen MR) is 75.2 cm³/mol. The van der Waals surface area contributed by atoms with E-state index in [0.717, 1.165) is 0 Å².